The zero-order valence-electron chi connectivity index (χ0n) is 16.0. The molecule has 0 spiro atoms. The van der Waals surface area contributed by atoms with Gasteiger partial charge in [-0.3, -0.25) is 0 Å². The molecular weight excluding hydrogens is 471 g/mol. The van der Waals surface area contributed by atoms with Gasteiger partial charge in [-0.15, -0.1) is 35.3 Å². The van der Waals surface area contributed by atoms with Crippen molar-refractivity contribution in [3.63, 3.8) is 0 Å². The van der Waals surface area contributed by atoms with Gasteiger partial charge in [-0.05, 0) is 37.0 Å². The molecule has 2 aromatic heterocycles. The Morgan fingerprint density at radius 1 is 1.19 bits per heavy atom. The number of hydrogen-bond donors (Lipinski definition) is 2. The minimum absolute atomic E-state index is 0. The lowest BCUT2D eigenvalue weighted by molar-refractivity contribution is 0.312. The van der Waals surface area contributed by atoms with Gasteiger partial charge in [-0.2, -0.15) is 0 Å². The fourth-order valence-electron chi connectivity index (χ4n) is 2.83. The number of nitrogens with zero attached hydrogens (tertiary/aromatic N) is 4. The molecule has 0 amide bonds. The van der Waals surface area contributed by atoms with Gasteiger partial charge in [0, 0.05) is 43.8 Å². The van der Waals surface area contributed by atoms with Crippen LogP contribution in [0.5, 0.6) is 0 Å². The minimum atomic E-state index is 0. The third kappa shape index (κ3) is 6.93. The van der Waals surface area contributed by atoms with Crippen molar-refractivity contribution in [3.05, 3.63) is 46.3 Å². The van der Waals surface area contributed by atoms with Crippen LogP contribution in [0, 0.1) is 0 Å². The summed E-state index contributed by atoms with van der Waals surface area (Å²) in [6.07, 6.45) is 1.94. The number of pyridine rings is 1. The van der Waals surface area contributed by atoms with Crippen molar-refractivity contribution < 1.29 is 0 Å². The summed E-state index contributed by atoms with van der Waals surface area (Å²) in [6, 6.07) is 8.44. The van der Waals surface area contributed by atoms with Gasteiger partial charge in [0.15, 0.2) is 5.96 Å². The Kier molecular flexibility index (Phi) is 9.29. The Morgan fingerprint density at radius 2 is 2.00 bits per heavy atom. The molecular formula is C19H29IN6S. The number of thiophene rings is 1. The number of aromatic nitrogens is 1. The van der Waals surface area contributed by atoms with Crippen molar-refractivity contribution in [1.29, 1.82) is 0 Å². The monoisotopic (exact) mass is 500 g/mol. The molecule has 8 heteroatoms. The molecule has 0 unspecified atom stereocenters. The van der Waals surface area contributed by atoms with E-state index in [-0.39, 0.29) is 24.0 Å². The van der Waals surface area contributed by atoms with Crippen LogP contribution >= 0.6 is 35.3 Å². The second-order valence-corrected chi connectivity index (χ2v) is 7.48. The molecule has 2 aromatic rings. The number of rotatable bonds is 6. The van der Waals surface area contributed by atoms with Crippen molar-refractivity contribution >= 4 is 47.1 Å². The molecule has 27 heavy (non-hydrogen) atoms. The van der Waals surface area contributed by atoms with Gasteiger partial charge in [0.25, 0.3) is 0 Å². The van der Waals surface area contributed by atoms with Gasteiger partial charge >= 0.3 is 0 Å². The first kappa shape index (κ1) is 21.9. The van der Waals surface area contributed by atoms with Crippen LogP contribution in [0.1, 0.15) is 17.4 Å². The number of likely N-dealkylation sites (N-methyl/N-ethyl adjacent to an activating group) is 1. The van der Waals surface area contributed by atoms with Gasteiger partial charge in [-0.25, -0.2) is 9.98 Å². The standard InChI is InChI=1S/C19H28N6S.HI/c1-3-20-19(23-15-17-5-4-12-26-17)22-14-16-6-7-18(21-13-16)25-10-8-24(2)9-11-25;/h4-7,12-13H,3,8-11,14-15H2,1-2H3,(H2,20,22,23);1H. The molecule has 1 saturated heterocycles. The van der Waals surface area contributed by atoms with Crippen molar-refractivity contribution in [3.8, 4) is 0 Å². The molecule has 0 saturated carbocycles. The van der Waals surface area contributed by atoms with Crippen molar-refractivity contribution in [2.24, 2.45) is 4.99 Å². The lowest BCUT2D eigenvalue weighted by Crippen LogP contribution is -2.44. The summed E-state index contributed by atoms with van der Waals surface area (Å²) in [5.41, 5.74) is 1.12. The number of piperazine rings is 1. The first-order valence-corrected chi connectivity index (χ1v) is 10.1. The summed E-state index contributed by atoms with van der Waals surface area (Å²) in [7, 11) is 2.17. The summed E-state index contributed by atoms with van der Waals surface area (Å²) in [5, 5.41) is 8.76. The van der Waals surface area contributed by atoms with Gasteiger partial charge in [0.2, 0.25) is 0 Å². The maximum atomic E-state index is 4.67. The Bertz CT molecular complexity index is 681. The van der Waals surface area contributed by atoms with Crippen LogP contribution in [0.25, 0.3) is 0 Å². The van der Waals surface area contributed by atoms with E-state index in [9.17, 15) is 0 Å². The second-order valence-electron chi connectivity index (χ2n) is 6.44. The van der Waals surface area contributed by atoms with E-state index < -0.39 is 0 Å². The molecule has 0 radical (unpaired) electrons. The van der Waals surface area contributed by atoms with Crippen molar-refractivity contribution in [1.82, 2.24) is 20.5 Å². The molecule has 1 aliphatic rings. The lowest BCUT2D eigenvalue weighted by atomic mass is 10.2. The maximum absolute atomic E-state index is 4.67. The zero-order chi connectivity index (χ0) is 18.2. The van der Waals surface area contributed by atoms with E-state index in [4.69, 9.17) is 0 Å². The molecule has 2 N–H and O–H groups in total. The van der Waals surface area contributed by atoms with Crippen LogP contribution in [0.15, 0.2) is 40.8 Å². The van der Waals surface area contributed by atoms with Crippen LogP contribution in [0.3, 0.4) is 0 Å². The van der Waals surface area contributed by atoms with E-state index in [1.54, 1.807) is 11.3 Å². The number of guanidine groups is 1. The van der Waals surface area contributed by atoms with Gasteiger partial charge in [0.1, 0.15) is 5.82 Å². The molecule has 3 rings (SSSR count). The highest BCUT2D eigenvalue weighted by atomic mass is 127. The van der Waals surface area contributed by atoms with Crippen LogP contribution in [0.4, 0.5) is 5.82 Å². The highest BCUT2D eigenvalue weighted by Gasteiger charge is 2.14. The van der Waals surface area contributed by atoms with Crippen molar-refractivity contribution in [2.75, 3.05) is 44.7 Å². The highest BCUT2D eigenvalue weighted by molar-refractivity contribution is 14.0. The van der Waals surface area contributed by atoms with E-state index in [0.29, 0.717) is 6.54 Å². The fourth-order valence-corrected chi connectivity index (χ4v) is 3.47. The average Bonchev–Trinajstić information content (AvgIpc) is 3.19. The predicted octanol–water partition coefficient (Wildman–Crippen LogP) is 2.77. The summed E-state index contributed by atoms with van der Waals surface area (Å²) in [5.74, 6) is 1.90. The van der Waals surface area contributed by atoms with Crippen molar-refractivity contribution in [2.45, 2.75) is 20.0 Å². The second kappa shape index (κ2) is 11.5. The Morgan fingerprint density at radius 3 is 2.63 bits per heavy atom. The van der Waals surface area contributed by atoms with E-state index >= 15 is 0 Å². The molecule has 148 valence electrons. The van der Waals surface area contributed by atoms with Gasteiger partial charge < -0.3 is 20.4 Å². The van der Waals surface area contributed by atoms with Crippen LogP contribution in [-0.4, -0.2) is 55.6 Å². The van der Waals surface area contributed by atoms with Crippen LogP contribution < -0.4 is 15.5 Å². The van der Waals surface area contributed by atoms with E-state index in [1.165, 1.54) is 4.88 Å². The number of halogens is 1. The number of aliphatic imine (C=N–C) groups is 1. The first-order chi connectivity index (χ1) is 12.7. The molecule has 0 aromatic carbocycles. The third-order valence-electron chi connectivity index (χ3n) is 4.41. The minimum Gasteiger partial charge on any atom is -0.357 e. The highest BCUT2D eigenvalue weighted by Crippen LogP contribution is 2.14. The van der Waals surface area contributed by atoms with E-state index in [1.807, 2.05) is 6.20 Å². The number of hydrogen-bond acceptors (Lipinski definition) is 5. The summed E-state index contributed by atoms with van der Waals surface area (Å²) in [6.45, 7) is 8.60. The summed E-state index contributed by atoms with van der Waals surface area (Å²) >= 11 is 1.75. The summed E-state index contributed by atoms with van der Waals surface area (Å²) in [4.78, 5) is 15.3. The van der Waals surface area contributed by atoms with Gasteiger partial charge in [0.05, 0.1) is 13.1 Å². The average molecular weight is 500 g/mol. The molecule has 0 bridgehead atoms. The quantitative estimate of drug-likeness (QED) is 0.363. The number of nitrogens with one attached hydrogen (secondary N) is 2. The molecule has 3 heterocycles. The number of anilines is 1. The van der Waals surface area contributed by atoms with E-state index in [2.05, 4.69) is 74.0 Å². The molecule has 0 aliphatic carbocycles. The summed E-state index contributed by atoms with van der Waals surface area (Å²) < 4.78 is 0. The Labute approximate surface area is 183 Å². The normalized spacial score (nSPS) is 15.3. The predicted molar refractivity (Wildman–Crippen MR) is 125 cm³/mol. The smallest absolute Gasteiger partial charge is 0.191 e. The fraction of sp³-hybridized carbons (Fsp3) is 0.474. The van der Waals surface area contributed by atoms with Gasteiger partial charge in [-0.1, -0.05) is 12.1 Å². The molecule has 1 aliphatic heterocycles. The maximum Gasteiger partial charge on any atom is 0.191 e. The lowest BCUT2D eigenvalue weighted by Gasteiger charge is -2.33. The largest absolute Gasteiger partial charge is 0.357 e. The topological polar surface area (TPSA) is 55.8 Å². The van der Waals surface area contributed by atoms with E-state index in [0.717, 1.165) is 56.6 Å². The first-order valence-electron chi connectivity index (χ1n) is 9.17. The molecule has 6 nitrogen and oxygen atoms in total. The molecule has 0 atom stereocenters. The SMILES string of the molecule is CCNC(=NCc1ccc(N2CCN(C)CC2)nc1)NCc1cccs1.I. The van der Waals surface area contributed by atoms with Crippen LogP contribution in [0.2, 0.25) is 0 Å². The molecule has 1 fully saturated rings. The Balaban J connectivity index is 0.00000261. The van der Waals surface area contributed by atoms with Crippen LogP contribution in [-0.2, 0) is 13.1 Å². The third-order valence-corrected chi connectivity index (χ3v) is 5.29. The zero-order valence-corrected chi connectivity index (χ0v) is 19.2. The Hall–Kier alpha value is -1.39.